The summed E-state index contributed by atoms with van der Waals surface area (Å²) in [5.41, 5.74) is 1.21. The second kappa shape index (κ2) is 11.3. The zero-order chi connectivity index (χ0) is 17.7. The molecule has 0 unspecified atom stereocenters. The fourth-order valence-corrected chi connectivity index (χ4v) is 2.79. The summed E-state index contributed by atoms with van der Waals surface area (Å²) in [4.78, 5) is 10.8. The van der Waals surface area contributed by atoms with Gasteiger partial charge < -0.3 is 14.2 Å². The van der Waals surface area contributed by atoms with Crippen LogP contribution in [0, 0.1) is 0 Å². The summed E-state index contributed by atoms with van der Waals surface area (Å²) in [6, 6.07) is 17.8. The first-order chi connectivity index (χ1) is 12.3. The molecule has 25 heavy (non-hydrogen) atoms. The SMILES string of the molecule is C=CC(=O)OCCOCCSCc1cccc(Oc2ccccc2)c1. The Labute approximate surface area is 152 Å². The van der Waals surface area contributed by atoms with Crippen molar-refractivity contribution in [3.8, 4) is 11.5 Å². The fourth-order valence-electron chi connectivity index (χ4n) is 1.99. The molecule has 2 aromatic rings. The van der Waals surface area contributed by atoms with Crippen LogP contribution in [0.4, 0.5) is 0 Å². The van der Waals surface area contributed by atoms with Crippen molar-refractivity contribution in [1.82, 2.24) is 0 Å². The first kappa shape index (κ1) is 19.1. The molecule has 132 valence electrons. The van der Waals surface area contributed by atoms with Gasteiger partial charge in [-0.05, 0) is 29.8 Å². The van der Waals surface area contributed by atoms with Crippen LogP contribution >= 0.6 is 11.8 Å². The molecule has 0 aliphatic heterocycles. The Morgan fingerprint density at radius 2 is 1.80 bits per heavy atom. The molecule has 0 radical (unpaired) electrons. The van der Waals surface area contributed by atoms with Crippen LogP contribution in [0.5, 0.6) is 11.5 Å². The lowest BCUT2D eigenvalue weighted by molar-refractivity contribution is -0.139. The Balaban J connectivity index is 1.62. The lowest BCUT2D eigenvalue weighted by atomic mass is 10.2. The quantitative estimate of drug-likeness (QED) is 0.337. The molecule has 0 aromatic heterocycles. The highest BCUT2D eigenvalue weighted by Gasteiger charge is 2.00. The summed E-state index contributed by atoms with van der Waals surface area (Å²) in [6.45, 7) is 4.61. The number of esters is 1. The normalized spacial score (nSPS) is 10.2. The zero-order valence-electron chi connectivity index (χ0n) is 14.1. The number of benzene rings is 2. The van der Waals surface area contributed by atoms with Crippen LogP contribution in [-0.4, -0.2) is 31.5 Å². The molecule has 0 aliphatic rings. The maximum atomic E-state index is 10.8. The van der Waals surface area contributed by atoms with E-state index in [1.165, 1.54) is 5.56 Å². The van der Waals surface area contributed by atoms with Crippen LogP contribution in [0.1, 0.15) is 5.56 Å². The van der Waals surface area contributed by atoms with E-state index in [9.17, 15) is 4.79 Å². The molecule has 0 fully saturated rings. The Morgan fingerprint density at radius 3 is 2.60 bits per heavy atom. The summed E-state index contributed by atoms with van der Waals surface area (Å²) in [5.74, 6) is 3.01. The third kappa shape index (κ3) is 7.92. The molecule has 0 aliphatic carbocycles. The fraction of sp³-hybridized carbons (Fsp3) is 0.250. The summed E-state index contributed by atoms with van der Waals surface area (Å²) in [5, 5.41) is 0. The van der Waals surface area contributed by atoms with Crippen molar-refractivity contribution in [3.05, 3.63) is 72.8 Å². The van der Waals surface area contributed by atoms with E-state index in [-0.39, 0.29) is 6.61 Å². The number of carbonyl (C=O) groups is 1. The van der Waals surface area contributed by atoms with E-state index in [4.69, 9.17) is 14.2 Å². The summed E-state index contributed by atoms with van der Waals surface area (Å²) >= 11 is 1.79. The summed E-state index contributed by atoms with van der Waals surface area (Å²) < 4.78 is 16.1. The maximum Gasteiger partial charge on any atom is 0.330 e. The predicted octanol–water partition coefficient (Wildman–Crippen LogP) is 4.46. The number of thioether (sulfide) groups is 1. The predicted molar refractivity (Wildman–Crippen MR) is 101 cm³/mol. The monoisotopic (exact) mass is 358 g/mol. The highest BCUT2D eigenvalue weighted by Crippen LogP contribution is 2.23. The first-order valence-corrected chi connectivity index (χ1v) is 9.20. The Hall–Kier alpha value is -2.24. The average Bonchev–Trinajstić information content (AvgIpc) is 2.65. The van der Waals surface area contributed by atoms with Gasteiger partial charge in [0.25, 0.3) is 0 Å². The molecule has 4 nitrogen and oxygen atoms in total. The molecular formula is C20H22O4S. The number of hydrogen-bond donors (Lipinski definition) is 0. The van der Waals surface area contributed by atoms with Gasteiger partial charge >= 0.3 is 5.97 Å². The highest BCUT2D eigenvalue weighted by atomic mass is 32.2. The lowest BCUT2D eigenvalue weighted by Crippen LogP contribution is -2.09. The minimum atomic E-state index is -0.421. The molecular weight excluding hydrogens is 336 g/mol. The van der Waals surface area contributed by atoms with Crippen molar-refractivity contribution < 1.29 is 19.0 Å². The molecule has 0 heterocycles. The second-order valence-corrected chi connectivity index (χ2v) is 6.20. The topological polar surface area (TPSA) is 44.8 Å². The van der Waals surface area contributed by atoms with Gasteiger partial charge in [0.2, 0.25) is 0 Å². The van der Waals surface area contributed by atoms with Gasteiger partial charge in [-0.3, -0.25) is 0 Å². The van der Waals surface area contributed by atoms with Gasteiger partial charge in [0.1, 0.15) is 18.1 Å². The molecule has 0 bridgehead atoms. The van der Waals surface area contributed by atoms with Gasteiger partial charge in [0.05, 0.1) is 13.2 Å². The molecule has 0 N–H and O–H groups in total. The lowest BCUT2D eigenvalue weighted by Gasteiger charge is -2.08. The van der Waals surface area contributed by atoms with Gasteiger partial charge in [-0.15, -0.1) is 0 Å². The van der Waals surface area contributed by atoms with E-state index in [1.54, 1.807) is 11.8 Å². The maximum absolute atomic E-state index is 10.8. The highest BCUT2D eigenvalue weighted by molar-refractivity contribution is 7.98. The third-order valence-corrected chi connectivity index (χ3v) is 4.15. The number of rotatable bonds is 11. The van der Waals surface area contributed by atoms with Crippen molar-refractivity contribution >= 4 is 17.7 Å². The van der Waals surface area contributed by atoms with Crippen LogP contribution in [0.25, 0.3) is 0 Å². The molecule has 0 amide bonds. The average molecular weight is 358 g/mol. The van der Waals surface area contributed by atoms with E-state index >= 15 is 0 Å². The Bertz CT molecular complexity index is 658. The summed E-state index contributed by atoms with van der Waals surface area (Å²) in [7, 11) is 0. The first-order valence-electron chi connectivity index (χ1n) is 8.04. The van der Waals surface area contributed by atoms with E-state index in [1.807, 2.05) is 42.5 Å². The molecule has 0 spiro atoms. The van der Waals surface area contributed by atoms with Crippen LogP contribution in [-0.2, 0) is 20.0 Å². The van der Waals surface area contributed by atoms with Crippen molar-refractivity contribution in [1.29, 1.82) is 0 Å². The van der Waals surface area contributed by atoms with Gasteiger partial charge in [0.15, 0.2) is 0 Å². The van der Waals surface area contributed by atoms with Crippen molar-refractivity contribution in [2.75, 3.05) is 25.6 Å². The smallest absolute Gasteiger partial charge is 0.330 e. The number of hydrogen-bond acceptors (Lipinski definition) is 5. The van der Waals surface area contributed by atoms with Gasteiger partial charge in [-0.2, -0.15) is 11.8 Å². The van der Waals surface area contributed by atoms with E-state index in [2.05, 4.69) is 18.7 Å². The van der Waals surface area contributed by atoms with E-state index in [0.29, 0.717) is 13.2 Å². The van der Waals surface area contributed by atoms with Crippen molar-refractivity contribution in [2.24, 2.45) is 0 Å². The van der Waals surface area contributed by atoms with Crippen LogP contribution in [0.3, 0.4) is 0 Å². The van der Waals surface area contributed by atoms with Crippen LogP contribution in [0.15, 0.2) is 67.3 Å². The summed E-state index contributed by atoms with van der Waals surface area (Å²) in [6.07, 6.45) is 1.14. The molecule has 5 heteroatoms. The van der Waals surface area contributed by atoms with E-state index < -0.39 is 5.97 Å². The molecule has 0 saturated heterocycles. The van der Waals surface area contributed by atoms with Gasteiger partial charge in [0, 0.05) is 17.6 Å². The van der Waals surface area contributed by atoms with Crippen molar-refractivity contribution in [3.63, 3.8) is 0 Å². The number of carbonyl (C=O) groups excluding carboxylic acids is 1. The molecule has 0 atom stereocenters. The molecule has 2 rings (SSSR count). The second-order valence-electron chi connectivity index (χ2n) is 5.10. The molecule has 2 aromatic carbocycles. The minimum Gasteiger partial charge on any atom is -0.460 e. The number of ether oxygens (including phenoxy) is 3. The van der Waals surface area contributed by atoms with Crippen molar-refractivity contribution in [2.45, 2.75) is 5.75 Å². The molecule has 0 saturated carbocycles. The van der Waals surface area contributed by atoms with Crippen LogP contribution in [0.2, 0.25) is 0 Å². The minimum absolute atomic E-state index is 0.258. The van der Waals surface area contributed by atoms with E-state index in [0.717, 1.165) is 29.1 Å². The third-order valence-electron chi connectivity index (χ3n) is 3.16. The Morgan fingerprint density at radius 1 is 1.00 bits per heavy atom. The largest absolute Gasteiger partial charge is 0.460 e. The standard InChI is InChI=1S/C20H22O4S/c1-2-20(21)23-12-11-22-13-14-25-16-17-7-6-10-19(15-17)24-18-8-4-3-5-9-18/h2-10,15H,1,11-14,16H2. The van der Waals surface area contributed by atoms with Gasteiger partial charge in [-0.1, -0.05) is 36.9 Å². The zero-order valence-corrected chi connectivity index (χ0v) is 14.9. The van der Waals surface area contributed by atoms with Gasteiger partial charge in [-0.25, -0.2) is 4.79 Å². The van der Waals surface area contributed by atoms with Crippen LogP contribution < -0.4 is 4.74 Å². The number of para-hydroxylation sites is 1. The Kier molecular flexibility index (Phi) is 8.66.